The average molecular weight is 308 g/mol. The summed E-state index contributed by atoms with van der Waals surface area (Å²) in [5.41, 5.74) is 3.55. The summed E-state index contributed by atoms with van der Waals surface area (Å²) in [6, 6.07) is 4.91. The molecular formula is C14H18BrN3. The van der Waals surface area contributed by atoms with Gasteiger partial charge < -0.3 is 9.88 Å². The summed E-state index contributed by atoms with van der Waals surface area (Å²) in [7, 11) is 2.11. The molecule has 0 radical (unpaired) electrons. The molecule has 1 aromatic carbocycles. The molecule has 0 spiro atoms. The molecule has 0 aliphatic carbocycles. The normalized spacial score (nSPS) is 19.8. The largest absolute Gasteiger partial charge is 0.330 e. The van der Waals surface area contributed by atoms with Gasteiger partial charge in [0.2, 0.25) is 0 Å². The van der Waals surface area contributed by atoms with Crippen molar-refractivity contribution in [2.24, 2.45) is 7.05 Å². The third kappa shape index (κ3) is 2.08. The lowest BCUT2D eigenvalue weighted by Gasteiger charge is -2.09. The highest BCUT2D eigenvalue weighted by Gasteiger charge is 2.18. The van der Waals surface area contributed by atoms with Crippen LogP contribution in [0.25, 0.3) is 11.0 Å². The third-order valence-corrected chi connectivity index (χ3v) is 4.36. The predicted octanol–water partition coefficient (Wildman–Crippen LogP) is 2.94. The van der Waals surface area contributed by atoms with Crippen molar-refractivity contribution in [2.75, 3.05) is 6.54 Å². The van der Waals surface area contributed by atoms with Gasteiger partial charge in [-0.3, -0.25) is 0 Å². The number of fused-ring (bicyclic) bond motifs is 1. The van der Waals surface area contributed by atoms with E-state index >= 15 is 0 Å². The smallest absolute Gasteiger partial charge is 0.111 e. The Morgan fingerprint density at radius 3 is 3.06 bits per heavy atom. The highest BCUT2D eigenvalue weighted by Crippen LogP contribution is 2.26. The lowest BCUT2D eigenvalue weighted by Crippen LogP contribution is -2.25. The molecule has 2 heterocycles. The molecule has 4 heteroatoms. The maximum absolute atomic E-state index is 4.79. The Morgan fingerprint density at radius 1 is 1.50 bits per heavy atom. The molecule has 1 aromatic heterocycles. The van der Waals surface area contributed by atoms with Crippen LogP contribution < -0.4 is 5.32 Å². The number of nitrogens with one attached hydrogen (secondary N) is 1. The number of aryl methyl sites for hydroxylation is 2. The fourth-order valence-electron chi connectivity index (χ4n) is 2.81. The molecule has 1 unspecified atom stereocenters. The summed E-state index contributed by atoms with van der Waals surface area (Å²) in [4.78, 5) is 4.79. The van der Waals surface area contributed by atoms with E-state index in [0.29, 0.717) is 6.04 Å². The highest BCUT2D eigenvalue weighted by molar-refractivity contribution is 9.10. The summed E-state index contributed by atoms with van der Waals surface area (Å²) in [6.45, 7) is 3.26. The van der Waals surface area contributed by atoms with Crippen LogP contribution in [0.15, 0.2) is 16.6 Å². The average Bonchev–Trinajstić information content (AvgIpc) is 2.88. The van der Waals surface area contributed by atoms with Crippen LogP contribution in [0, 0.1) is 6.92 Å². The maximum atomic E-state index is 4.79. The van der Waals surface area contributed by atoms with Gasteiger partial charge in [0.1, 0.15) is 5.82 Å². The molecular weight excluding hydrogens is 290 g/mol. The van der Waals surface area contributed by atoms with Crippen molar-refractivity contribution in [3.63, 3.8) is 0 Å². The molecule has 0 saturated carbocycles. The SMILES string of the molecule is Cc1cc(Br)c2c(c1)nc(CC1CCCN1)n2C. The van der Waals surface area contributed by atoms with Crippen molar-refractivity contribution in [1.29, 1.82) is 0 Å². The van der Waals surface area contributed by atoms with E-state index in [1.54, 1.807) is 0 Å². The number of halogens is 1. The molecule has 1 aliphatic heterocycles. The zero-order chi connectivity index (χ0) is 12.7. The second-order valence-corrected chi connectivity index (χ2v) is 6.05. The number of benzene rings is 1. The molecule has 3 rings (SSSR count). The van der Waals surface area contributed by atoms with E-state index in [1.807, 2.05) is 0 Å². The van der Waals surface area contributed by atoms with Crippen molar-refractivity contribution in [3.05, 3.63) is 28.0 Å². The second kappa shape index (κ2) is 4.67. The van der Waals surface area contributed by atoms with Crippen LogP contribution in [0.5, 0.6) is 0 Å². The van der Waals surface area contributed by atoms with Gasteiger partial charge in [-0.2, -0.15) is 0 Å². The molecule has 18 heavy (non-hydrogen) atoms. The summed E-state index contributed by atoms with van der Waals surface area (Å²) in [5.74, 6) is 1.18. The van der Waals surface area contributed by atoms with Gasteiger partial charge in [0, 0.05) is 24.0 Å². The van der Waals surface area contributed by atoms with Crippen molar-refractivity contribution >= 4 is 27.0 Å². The van der Waals surface area contributed by atoms with E-state index in [9.17, 15) is 0 Å². The van der Waals surface area contributed by atoms with E-state index < -0.39 is 0 Å². The highest BCUT2D eigenvalue weighted by atomic mass is 79.9. The Bertz CT molecular complexity index is 582. The van der Waals surface area contributed by atoms with Crippen LogP contribution in [-0.2, 0) is 13.5 Å². The molecule has 0 amide bonds. The maximum Gasteiger partial charge on any atom is 0.111 e. The van der Waals surface area contributed by atoms with E-state index in [-0.39, 0.29) is 0 Å². The lowest BCUT2D eigenvalue weighted by atomic mass is 10.1. The van der Waals surface area contributed by atoms with Crippen LogP contribution >= 0.6 is 15.9 Å². The molecule has 3 nitrogen and oxygen atoms in total. The summed E-state index contributed by atoms with van der Waals surface area (Å²) in [6.07, 6.45) is 3.58. The molecule has 2 aromatic rings. The monoisotopic (exact) mass is 307 g/mol. The van der Waals surface area contributed by atoms with Gasteiger partial charge in [0.05, 0.1) is 11.0 Å². The van der Waals surface area contributed by atoms with Gasteiger partial charge in [-0.1, -0.05) is 0 Å². The summed E-state index contributed by atoms with van der Waals surface area (Å²) in [5, 5.41) is 3.54. The van der Waals surface area contributed by atoms with Crippen LogP contribution in [0.2, 0.25) is 0 Å². The molecule has 0 bridgehead atoms. The number of aromatic nitrogens is 2. The van der Waals surface area contributed by atoms with Gasteiger partial charge in [0.25, 0.3) is 0 Å². The molecule has 1 saturated heterocycles. The number of hydrogen-bond acceptors (Lipinski definition) is 2. The van der Waals surface area contributed by atoms with Gasteiger partial charge in [-0.25, -0.2) is 4.98 Å². The number of hydrogen-bond donors (Lipinski definition) is 1. The standard InChI is InChI=1S/C14H18BrN3/c1-9-6-11(15)14-12(7-9)17-13(18(14)2)8-10-4-3-5-16-10/h6-7,10,16H,3-5,8H2,1-2H3. The minimum atomic E-state index is 0.598. The van der Waals surface area contributed by atoms with E-state index in [4.69, 9.17) is 4.98 Å². The zero-order valence-corrected chi connectivity index (χ0v) is 12.4. The quantitative estimate of drug-likeness (QED) is 0.924. The first kappa shape index (κ1) is 12.2. The van der Waals surface area contributed by atoms with E-state index in [1.165, 1.54) is 29.7 Å². The number of rotatable bonds is 2. The molecule has 1 fully saturated rings. The zero-order valence-electron chi connectivity index (χ0n) is 10.8. The third-order valence-electron chi connectivity index (χ3n) is 3.75. The Hall–Kier alpha value is -0.870. The lowest BCUT2D eigenvalue weighted by molar-refractivity contribution is 0.575. The van der Waals surface area contributed by atoms with E-state index in [2.05, 4.69) is 51.9 Å². The molecule has 1 atom stereocenters. The van der Waals surface area contributed by atoms with Crippen LogP contribution in [0.1, 0.15) is 24.2 Å². The molecule has 96 valence electrons. The minimum Gasteiger partial charge on any atom is -0.330 e. The van der Waals surface area contributed by atoms with E-state index in [0.717, 1.165) is 23.0 Å². The van der Waals surface area contributed by atoms with Crippen molar-refractivity contribution in [1.82, 2.24) is 14.9 Å². The van der Waals surface area contributed by atoms with Gasteiger partial charge in [-0.15, -0.1) is 0 Å². The fraction of sp³-hybridized carbons (Fsp3) is 0.500. The Kier molecular flexibility index (Phi) is 3.16. The van der Waals surface area contributed by atoms with Crippen molar-refractivity contribution in [2.45, 2.75) is 32.2 Å². The first-order valence-electron chi connectivity index (χ1n) is 6.50. The summed E-state index contributed by atoms with van der Waals surface area (Å²) >= 11 is 3.65. The van der Waals surface area contributed by atoms with Gasteiger partial charge >= 0.3 is 0 Å². The Labute approximate surface area is 116 Å². The second-order valence-electron chi connectivity index (χ2n) is 5.20. The minimum absolute atomic E-state index is 0.598. The van der Waals surface area contributed by atoms with Crippen LogP contribution in [-0.4, -0.2) is 22.1 Å². The first-order valence-corrected chi connectivity index (χ1v) is 7.29. The van der Waals surface area contributed by atoms with Crippen LogP contribution in [0.3, 0.4) is 0 Å². The predicted molar refractivity (Wildman–Crippen MR) is 77.9 cm³/mol. The topological polar surface area (TPSA) is 29.9 Å². The fourth-order valence-corrected chi connectivity index (χ4v) is 3.64. The van der Waals surface area contributed by atoms with Crippen molar-refractivity contribution < 1.29 is 0 Å². The molecule has 1 N–H and O–H groups in total. The van der Waals surface area contributed by atoms with Gasteiger partial charge in [0.15, 0.2) is 0 Å². The Balaban J connectivity index is 2.02. The van der Waals surface area contributed by atoms with Gasteiger partial charge in [-0.05, 0) is 59.9 Å². The first-order chi connectivity index (χ1) is 8.65. The number of imidazole rings is 1. The summed E-state index contributed by atoms with van der Waals surface area (Å²) < 4.78 is 3.36. The van der Waals surface area contributed by atoms with Crippen molar-refractivity contribution in [3.8, 4) is 0 Å². The van der Waals surface area contributed by atoms with Crippen LogP contribution in [0.4, 0.5) is 0 Å². The Morgan fingerprint density at radius 2 is 2.33 bits per heavy atom. The molecule has 1 aliphatic rings. The number of nitrogens with zero attached hydrogens (tertiary/aromatic N) is 2.